The van der Waals surface area contributed by atoms with Crippen molar-refractivity contribution in [1.82, 2.24) is 4.31 Å². The van der Waals surface area contributed by atoms with Crippen LogP contribution in [0.25, 0.3) is 0 Å². The predicted molar refractivity (Wildman–Crippen MR) is 122 cm³/mol. The van der Waals surface area contributed by atoms with Gasteiger partial charge in [0.15, 0.2) is 0 Å². The summed E-state index contributed by atoms with van der Waals surface area (Å²) in [5, 5.41) is 2.88. The van der Waals surface area contributed by atoms with Crippen molar-refractivity contribution in [2.24, 2.45) is 5.92 Å². The van der Waals surface area contributed by atoms with Gasteiger partial charge in [-0.25, -0.2) is 8.42 Å². The second kappa shape index (κ2) is 9.18. The van der Waals surface area contributed by atoms with Crippen LogP contribution >= 0.6 is 0 Å². The van der Waals surface area contributed by atoms with Crippen LogP contribution in [0.15, 0.2) is 53.4 Å². The van der Waals surface area contributed by atoms with E-state index in [1.807, 2.05) is 38.1 Å². The third kappa shape index (κ3) is 5.02. The van der Waals surface area contributed by atoms with E-state index in [9.17, 15) is 13.2 Å². The van der Waals surface area contributed by atoms with Gasteiger partial charge in [-0.2, -0.15) is 4.31 Å². The number of rotatable bonds is 6. The molecule has 162 valence electrons. The molecule has 2 aromatic carbocycles. The quantitative estimate of drug-likeness (QED) is 0.747. The highest BCUT2D eigenvalue weighted by atomic mass is 32.2. The summed E-state index contributed by atoms with van der Waals surface area (Å²) in [5.74, 6) is 0.516. The standard InChI is InChI=1S/C23H31N3O3S/c1-17(2)25(4)30(28,29)22-11-5-19(6-12-22)23(27)24-20-7-9-21(10-8-20)26-15-13-18(3)14-16-26/h5-12,17-18H,13-16H2,1-4H3,(H,24,27). The summed E-state index contributed by atoms with van der Waals surface area (Å²) in [5.41, 5.74) is 2.30. The Labute approximate surface area is 179 Å². The maximum Gasteiger partial charge on any atom is 0.255 e. The van der Waals surface area contributed by atoms with Crippen molar-refractivity contribution in [2.45, 2.75) is 44.6 Å². The molecule has 0 aliphatic carbocycles. The molecule has 0 spiro atoms. The number of nitrogens with one attached hydrogen (secondary N) is 1. The molecule has 0 aromatic heterocycles. The smallest absolute Gasteiger partial charge is 0.255 e. The number of hydrogen-bond donors (Lipinski definition) is 1. The lowest BCUT2D eigenvalue weighted by Crippen LogP contribution is -2.33. The molecule has 1 aliphatic rings. The fraction of sp³-hybridized carbons (Fsp3) is 0.435. The molecule has 1 saturated heterocycles. The molecule has 0 radical (unpaired) electrons. The molecule has 1 N–H and O–H groups in total. The highest BCUT2D eigenvalue weighted by Crippen LogP contribution is 2.24. The number of anilines is 2. The Morgan fingerprint density at radius 3 is 2.13 bits per heavy atom. The Hall–Kier alpha value is -2.38. The summed E-state index contributed by atoms with van der Waals surface area (Å²) in [6.45, 7) is 8.05. The molecule has 3 rings (SSSR count). The van der Waals surface area contributed by atoms with Gasteiger partial charge in [-0.15, -0.1) is 0 Å². The van der Waals surface area contributed by atoms with Crippen LogP contribution in [0.1, 0.15) is 44.0 Å². The van der Waals surface area contributed by atoms with Crippen LogP contribution in [-0.4, -0.2) is 44.8 Å². The highest BCUT2D eigenvalue weighted by molar-refractivity contribution is 7.89. The van der Waals surface area contributed by atoms with Crippen LogP contribution < -0.4 is 10.2 Å². The van der Waals surface area contributed by atoms with Gasteiger partial charge in [0.1, 0.15) is 0 Å². The van der Waals surface area contributed by atoms with Crippen molar-refractivity contribution in [1.29, 1.82) is 0 Å². The van der Waals surface area contributed by atoms with Crippen LogP contribution in [0.5, 0.6) is 0 Å². The Balaban J connectivity index is 1.65. The number of sulfonamides is 1. The molecule has 0 atom stereocenters. The average molecular weight is 430 g/mol. The average Bonchev–Trinajstić information content (AvgIpc) is 2.74. The second-order valence-corrected chi connectivity index (χ2v) is 10.3. The van der Waals surface area contributed by atoms with E-state index in [-0.39, 0.29) is 16.8 Å². The van der Waals surface area contributed by atoms with Gasteiger partial charge in [-0.1, -0.05) is 6.92 Å². The molecule has 0 bridgehead atoms. The summed E-state index contributed by atoms with van der Waals surface area (Å²) in [4.78, 5) is 15.1. The maximum absolute atomic E-state index is 12.6. The van der Waals surface area contributed by atoms with E-state index in [4.69, 9.17) is 0 Å². The second-order valence-electron chi connectivity index (χ2n) is 8.31. The van der Waals surface area contributed by atoms with Gasteiger partial charge < -0.3 is 10.2 Å². The summed E-state index contributed by atoms with van der Waals surface area (Å²) < 4.78 is 26.4. The Bertz CT molecular complexity index is 962. The SMILES string of the molecule is CC1CCN(c2ccc(NC(=O)c3ccc(S(=O)(=O)N(C)C(C)C)cc3)cc2)CC1. The number of carbonyl (C=O) groups excluding carboxylic acids is 1. The largest absolute Gasteiger partial charge is 0.372 e. The zero-order valence-corrected chi connectivity index (χ0v) is 18.9. The fourth-order valence-corrected chi connectivity index (χ4v) is 4.82. The van der Waals surface area contributed by atoms with Crippen LogP contribution in [0.2, 0.25) is 0 Å². The number of amides is 1. The van der Waals surface area contributed by atoms with E-state index in [2.05, 4.69) is 17.1 Å². The van der Waals surface area contributed by atoms with Gasteiger partial charge in [0.05, 0.1) is 4.90 Å². The molecule has 1 heterocycles. The van der Waals surface area contributed by atoms with Crippen LogP contribution in [-0.2, 0) is 10.0 Å². The van der Waals surface area contributed by atoms with Gasteiger partial charge in [-0.05, 0) is 81.1 Å². The van der Waals surface area contributed by atoms with Crippen molar-refractivity contribution in [2.75, 3.05) is 30.4 Å². The van der Waals surface area contributed by atoms with E-state index in [0.717, 1.165) is 19.0 Å². The summed E-state index contributed by atoms with van der Waals surface area (Å²) in [6.07, 6.45) is 2.41. The molecule has 0 unspecified atom stereocenters. The number of hydrogen-bond acceptors (Lipinski definition) is 4. The lowest BCUT2D eigenvalue weighted by atomic mass is 9.99. The topological polar surface area (TPSA) is 69.7 Å². The molecule has 0 saturated carbocycles. The zero-order valence-electron chi connectivity index (χ0n) is 18.1. The van der Waals surface area contributed by atoms with Crippen LogP contribution in [0.4, 0.5) is 11.4 Å². The molecule has 1 aliphatic heterocycles. The van der Waals surface area contributed by atoms with Crippen molar-refractivity contribution in [3.05, 3.63) is 54.1 Å². The monoisotopic (exact) mass is 429 g/mol. The third-order valence-electron chi connectivity index (χ3n) is 5.79. The van der Waals surface area contributed by atoms with Gasteiger partial charge in [-0.3, -0.25) is 4.79 Å². The minimum absolute atomic E-state index is 0.144. The fourth-order valence-electron chi connectivity index (χ4n) is 3.45. The summed E-state index contributed by atoms with van der Waals surface area (Å²) >= 11 is 0. The number of benzene rings is 2. The Kier molecular flexibility index (Phi) is 6.83. The molecular weight excluding hydrogens is 398 g/mol. The van der Waals surface area contributed by atoms with E-state index in [0.29, 0.717) is 11.3 Å². The summed E-state index contributed by atoms with van der Waals surface area (Å²) in [7, 11) is -2.01. The summed E-state index contributed by atoms with van der Waals surface area (Å²) in [6, 6.07) is 13.8. The lowest BCUT2D eigenvalue weighted by Gasteiger charge is -2.32. The highest BCUT2D eigenvalue weighted by Gasteiger charge is 2.23. The maximum atomic E-state index is 12.6. The first kappa shape index (κ1) is 22.3. The first-order valence-electron chi connectivity index (χ1n) is 10.4. The van der Waals surface area contributed by atoms with E-state index in [1.165, 1.54) is 35.0 Å². The molecule has 1 amide bonds. The van der Waals surface area contributed by atoms with Gasteiger partial charge in [0.25, 0.3) is 5.91 Å². The third-order valence-corrected chi connectivity index (χ3v) is 7.84. The normalized spacial score (nSPS) is 15.6. The van der Waals surface area contributed by atoms with Crippen molar-refractivity contribution in [3.8, 4) is 0 Å². The molecule has 2 aromatic rings. The van der Waals surface area contributed by atoms with Gasteiger partial charge >= 0.3 is 0 Å². The molecule has 7 heteroatoms. The first-order chi connectivity index (χ1) is 14.2. The van der Waals surface area contributed by atoms with Crippen molar-refractivity contribution >= 4 is 27.3 Å². The van der Waals surface area contributed by atoms with Gasteiger partial charge in [0.2, 0.25) is 10.0 Å². The Morgan fingerprint density at radius 2 is 1.60 bits per heavy atom. The molecule has 30 heavy (non-hydrogen) atoms. The zero-order chi connectivity index (χ0) is 21.9. The number of piperidine rings is 1. The van der Waals surface area contributed by atoms with Crippen molar-refractivity contribution < 1.29 is 13.2 Å². The van der Waals surface area contributed by atoms with E-state index >= 15 is 0 Å². The van der Waals surface area contributed by atoms with E-state index < -0.39 is 10.0 Å². The van der Waals surface area contributed by atoms with Gasteiger partial charge in [0, 0.05) is 43.1 Å². The van der Waals surface area contributed by atoms with Crippen molar-refractivity contribution in [3.63, 3.8) is 0 Å². The molecular formula is C23H31N3O3S. The van der Waals surface area contributed by atoms with Crippen LogP contribution in [0, 0.1) is 5.92 Å². The Morgan fingerprint density at radius 1 is 1.03 bits per heavy atom. The van der Waals surface area contributed by atoms with Crippen LogP contribution in [0.3, 0.4) is 0 Å². The molecule has 6 nitrogen and oxygen atoms in total. The minimum atomic E-state index is -3.56. The first-order valence-corrected chi connectivity index (χ1v) is 11.9. The number of nitrogens with zero attached hydrogens (tertiary/aromatic N) is 2. The lowest BCUT2D eigenvalue weighted by molar-refractivity contribution is 0.102. The molecule has 1 fully saturated rings. The predicted octanol–water partition coefficient (Wildman–Crippen LogP) is 4.20. The minimum Gasteiger partial charge on any atom is -0.372 e. The number of carbonyl (C=O) groups is 1. The van der Waals surface area contributed by atoms with E-state index in [1.54, 1.807) is 19.2 Å².